The zero-order valence-electron chi connectivity index (χ0n) is 10.1. The van der Waals surface area contributed by atoms with Crippen molar-refractivity contribution >= 4 is 5.82 Å². The van der Waals surface area contributed by atoms with Crippen molar-refractivity contribution in [1.82, 2.24) is 9.97 Å². The summed E-state index contributed by atoms with van der Waals surface area (Å²) < 4.78 is 43.7. The fraction of sp³-hybridized carbons (Fsp3) is 0.636. The number of nitrogens with zero attached hydrogens (tertiary/aromatic N) is 2. The molecule has 0 saturated heterocycles. The molecule has 18 heavy (non-hydrogen) atoms. The van der Waals surface area contributed by atoms with E-state index in [2.05, 4.69) is 15.3 Å². The van der Waals surface area contributed by atoms with Crippen molar-refractivity contribution in [2.24, 2.45) is 0 Å². The molecule has 1 aromatic rings. The summed E-state index contributed by atoms with van der Waals surface area (Å²) in [4.78, 5) is 7.74. The molecule has 100 valence electrons. The van der Waals surface area contributed by atoms with Gasteiger partial charge in [-0.1, -0.05) is 0 Å². The molecule has 0 bridgehead atoms. The third kappa shape index (κ3) is 2.21. The van der Waals surface area contributed by atoms with Crippen LogP contribution in [0.15, 0.2) is 6.33 Å². The minimum absolute atomic E-state index is 0.0733. The molecule has 0 radical (unpaired) electrons. The Morgan fingerprint density at radius 1 is 1.39 bits per heavy atom. The second-order valence-corrected chi connectivity index (χ2v) is 4.29. The maximum atomic E-state index is 12.8. The van der Waals surface area contributed by atoms with E-state index in [1.807, 2.05) is 0 Å². The van der Waals surface area contributed by atoms with Crippen LogP contribution in [0.25, 0.3) is 0 Å². The SMILES string of the molecule is CCOc1ncnc(NC2(C(F)(F)F)CC2)c1C. The predicted octanol–water partition coefficient (Wildman–Crippen LogP) is 2.69. The highest BCUT2D eigenvalue weighted by Gasteiger charge is 2.63. The van der Waals surface area contributed by atoms with Crippen molar-refractivity contribution in [3.05, 3.63) is 11.9 Å². The first-order valence-corrected chi connectivity index (χ1v) is 5.69. The van der Waals surface area contributed by atoms with Crippen LogP contribution >= 0.6 is 0 Å². The number of halogens is 3. The Bertz CT molecular complexity index is 444. The van der Waals surface area contributed by atoms with Gasteiger partial charge in [-0.2, -0.15) is 13.2 Å². The van der Waals surface area contributed by atoms with Crippen LogP contribution in [0.3, 0.4) is 0 Å². The highest BCUT2D eigenvalue weighted by atomic mass is 19.4. The molecule has 2 rings (SSSR count). The Kier molecular flexibility index (Phi) is 3.08. The normalized spacial score (nSPS) is 17.4. The summed E-state index contributed by atoms with van der Waals surface area (Å²) >= 11 is 0. The van der Waals surface area contributed by atoms with Crippen molar-refractivity contribution in [3.63, 3.8) is 0 Å². The van der Waals surface area contributed by atoms with Gasteiger partial charge in [-0.25, -0.2) is 9.97 Å². The molecule has 4 nitrogen and oxygen atoms in total. The Morgan fingerprint density at radius 3 is 2.56 bits per heavy atom. The van der Waals surface area contributed by atoms with Crippen LogP contribution in [-0.2, 0) is 0 Å². The van der Waals surface area contributed by atoms with Gasteiger partial charge in [0.25, 0.3) is 0 Å². The van der Waals surface area contributed by atoms with Gasteiger partial charge in [0.05, 0.1) is 12.2 Å². The van der Waals surface area contributed by atoms with Gasteiger partial charge in [0.2, 0.25) is 5.88 Å². The standard InChI is InChI=1S/C11H14F3N3O/c1-3-18-9-7(2)8(15-6-16-9)17-10(4-5-10)11(12,13)14/h6H,3-5H2,1-2H3,(H,15,16,17). The van der Waals surface area contributed by atoms with Crippen molar-refractivity contribution in [3.8, 4) is 5.88 Å². The van der Waals surface area contributed by atoms with E-state index >= 15 is 0 Å². The van der Waals surface area contributed by atoms with E-state index in [1.165, 1.54) is 6.33 Å². The van der Waals surface area contributed by atoms with Crippen LogP contribution in [0.5, 0.6) is 5.88 Å². The van der Waals surface area contributed by atoms with Gasteiger partial charge in [-0.05, 0) is 26.7 Å². The quantitative estimate of drug-likeness (QED) is 0.905. The molecule has 1 saturated carbocycles. The number of hydrogen-bond donors (Lipinski definition) is 1. The molecule has 0 aromatic carbocycles. The fourth-order valence-corrected chi connectivity index (χ4v) is 1.67. The van der Waals surface area contributed by atoms with E-state index in [0.29, 0.717) is 18.1 Å². The fourth-order valence-electron chi connectivity index (χ4n) is 1.67. The summed E-state index contributed by atoms with van der Waals surface area (Å²) in [6.45, 7) is 3.83. The zero-order chi connectivity index (χ0) is 13.4. The summed E-state index contributed by atoms with van der Waals surface area (Å²) in [6.07, 6.45) is -2.92. The second-order valence-electron chi connectivity index (χ2n) is 4.29. The van der Waals surface area contributed by atoms with Gasteiger partial charge >= 0.3 is 6.18 Å². The molecule has 0 unspecified atom stereocenters. The lowest BCUT2D eigenvalue weighted by Crippen LogP contribution is -2.39. The number of alkyl halides is 3. The topological polar surface area (TPSA) is 47.0 Å². The summed E-state index contributed by atoms with van der Waals surface area (Å²) in [7, 11) is 0. The Hall–Kier alpha value is -1.53. The highest BCUT2D eigenvalue weighted by Crippen LogP contribution is 2.51. The van der Waals surface area contributed by atoms with E-state index in [-0.39, 0.29) is 18.7 Å². The van der Waals surface area contributed by atoms with Crippen LogP contribution in [0, 0.1) is 6.92 Å². The summed E-state index contributed by atoms with van der Waals surface area (Å²) in [5, 5.41) is 2.48. The summed E-state index contributed by atoms with van der Waals surface area (Å²) in [6, 6.07) is 0. The highest BCUT2D eigenvalue weighted by molar-refractivity contribution is 5.51. The average Bonchev–Trinajstić information content (AvgIpc) is 3.04. The van der Waals surface area contributed by atoms with Crippen molar-refractivity contribution in [1.29, 1.82) is 0 Å². The first-order chi connectivity index (χ1) is 8.39. The second kappa shape index (κ2) is 4.29. The van der Waals surface area contributed by atoms with Crippen LogP contribution in [0.2, 0.25) is 0 Å². The van der Waals surface area contributed by atoms with Crippen LogP contribution in [0.4, 0.5) is 19.0 Å². The Labute approximate surface area is 103 Å². The zero-order valence-corrected chi connectivity index (χ0v) is 10.1. The van der Waals surface area contributed by atoms with Gasteiger partial charge < -0.3 is 10.1 Å². The van der Waals surface area contributed by atoms with E-state index in [0.717, 1.165) is 0 Å². The van der Waals surface area contributed by atoms with E-state index < -0.39 is 11.7 Å². The molecule has 7 heteroatoms. The average molecular weight is 261 g/mol. The van der Waals surface area contributed by atoms with Crippen molar-refractivity contribution < 1.29 is 17.9 Å². The molecule has 1 aliphatic rings. The molecule has 1 N–H and O–H groups in total. The minimum Gasteiger partial charge on any atom is -0.478 e. The van der Waals surface area contributed by atoms with Gasteiger partial charge in [0.15, 0.2) is 0 Å². The lowest BCUT2D eigenvalue weighted by atomic mass is 10.2. The van der Waals surface area contributed by atoms with Gasteiger partial charge in [0.1, 0.15) is 17.7 Å². The molecule has 1 heterocycles. The molecule has 0 spiro atoms. The number of nitrogens with one attached hydrogen (secondary N) is 1. The number of anilines is 1. The van der Waals surface area contributed by atoms with Crippen molar-refractivity contribution in [2.45, 2.75) is 38.4 Å². The molecule has 0 aliphatic heterocycles. The third-order valence-corrected chi connectivity index (χ3v) is 2.97. The molecule has 1 aromatic heterocycles. The van der Waals surface area contributed by atoms with E-state index in [1.54, 1.807) is 13.8 Å². The number of aromatic nitrogens is 2. The third-order valence-electron chi connectivity index (χ3n) is 2.97. The molecular formula is C11H14F3N3O. The van der Waals surface area contributed by atoms with E-state index in [4.69, 9.17) is 4.74 Å². The molecule has 0 atom stereocenters. The van der Waals surface area contributed by atoms with Gasteiger partial charge in [-0.3, -0.25) is 0 Å². The van der Waals surface area contributed by atoms with Gasteiger partial charge in [-0.15, -0.1) is 0 Å². The number of rotatable bonds is 4. The molecule has 1 aliphatic carbocycles. The molecule has 0 amide bonds. The first kappa shape index (κ1) is 12.9. The largest absolute Gasteiger partial charge is 0.478 e. The minimum atomic E-state index is -4.27. The van der Waals surface area contributed by atoms with Gasteiger partial charge in [0, 0.05) is 0 Å². The maximum absolute atomic E-state index is 12.8. The van der Waals surface area contributed by atoms with Crippen LogP contribution < -0.4 is 10.1 Å². The van der Waals surface area contributed by atoms with Crippen LogP contribution in [-0.4, -0.2) is 28.3 Å². The Morgan fingerprint density at radius 2 is 2.06 bits per heavy atom. The number of ether oxygens (including phenoxy) is 1. The number of hydrogen-bond acceptors (Lipinski definition) is 4. The predicted molar refractivity (Wildman–Crippen MR) is 59.6 cm³/mol. The molecular weight excluding hydrogens is 247 g/mol. The summed E-state index contributed by atoms with van der Waals surface area (Å²) in [5.74, 6) is 0.497. The monoisotopic (exact) mass is 261 g/mol. The summed E-state index contributed by atoms with van der Waals surface area (Å²) in [5.41, 5.74) is -1.33. The lowest BCUT2D eigenvalue weighted by molar-refractivity contribution is -0.151. The smallest absolute Gasteiger partial charge is 0.411 e. The maximum Gasteiger partial charge on any atom is 0.411 e. The van der Waals surface area contributed by atoms with Crippen molar-refractivity contribution in [2.75, 3.05) is 11.9 Å². The van der Waals surface area contributed by atoms with E-state index in [9.17, 15) is 13.2 Å². The first-order valence-electron chi connectivity index (χ1n) is 5.69. The van der Waals surface area contributed by atoms with Crippen LogP contribution in [0.1, 0.15) is 25.3 Å². The lowest BCUT2D eigenvalue weighted by Gasteiger charge is -2.22. The molecule has 1 fully saturated rings. The Balaban J connectivity index is 2.23.